The van der Waals surface area contributed by atoms with Gasteiger partial charge in [0.1, 0.15) is 10.7 Å². The fourth-order valence-electron chi connectivity index (χ4n) is 2.01. The Bertz CT molecular complexity index is 848. The molecule has 0 radical (unpaired) electrons. The number of H-pyrrole nitrogens is 2. The summed E-state index contributed by atoms with van der Waals surface area (Å²) in [5.41, 5.74) is 1.77. The molecule has 0 fully saturated rings. The molecular weight excluding hydrogens is 300 g/mol. The number of aromatic amines is 2. The van der Waals surface area contributed by atoms with E-state index in [9.17, 15) is 9.59 Å². The van der Waals surface area contributed by atoms with Gasteiger partial charge in [0.05, 0.1) is 12.2 Å². The van der Waals surface area contributed by atoms with Gasteiger partial charge in [-0.3, -0.25) is 4.79 Å². The van der Waals surface area contributed by atoms with Crippen LogP contribution in [0.5, 0.6) is 0 Å². The number of rotatable bonds is 4. The zero-order chi connectivity index (χ0) is 15.5. The van der Waals surface area contributed by atoms with Crippen LogP contribution in [0.25, 0.3) is 10.6 Å². The van der Waals surface area contributed by atoms with E-state index in [-0.39, 0.29) is 11.6 Å². The van der Waals surface area contributed by atoms with Crippen LogP contribution in [0.15, 0.2) is 41.3 Å². The number of aryl methyl sites for hydroxylation is 1. The third kappa shape index (κ3) is 2.99. The van der Waals surface area contributed by atoms with Crippen molar-refractivity contribution < 1.29 is 4.79 Å². The van der Waals surface area contributed by atoms with Crippen LogP contribution in [-0.4, -0.2) is 20.9 Å². The minimum Gasteiger partial charge on any atom is -0.346 e. The van der Waals surface area contributed by atoms with E-state index in [1.807, 2.05) is 37.3 Å². The van der Waals surface area contributed by atoms with Crippen LogP contribution in [0.3, 0.4) is 0 Å². The Morgan fingerprint density at radius 3 is 2.77 bits per heavy atom. The second kappa shape index (κ2) is 5.98. The van der Waals surface area contributed by atoms with E-state index in [0.29, 0.717) is 6.54 Å². The first kappa shape index (κ1) is 14.3. The molecule has 0 saturated heterocycles. The molecule has 0 spiro atoms. The second-order valence-corrected chi connectivity index (χ2v) is 5.82. The zero-order valence-electron chi connectivity index (χ0n) is 11.8. The lowest BCUT2D eigenvalue weighted by Gasteiger charge is -2.01. The number of hydrogen-bond donors (Lipinski definition) is 3. The van der Waals surface area contributed by atoms with Gasteiger partial charge in [-0.05, 0) is 6.92 Å². The third-order valence-corrected chi connectivity index (χ3v) is 4.37. The van der Waals surface area contributed by atoms with Crippen LogP contribution in [0, 0.1) is 6.92 Å². The molecule has 0 bridgehead atoms. The molecule has 3 aromatic rings. The number of hydrogen-bond acceptors (Lipinski definition) is 4. The minimum absolute atomic E-state index is 0.218. The number of aromatic nitrogens is 3. The predicted octanol–water partition coefficient (Wildman–Crippen LogP) is 2.06. The predicted molar refractivity (Wildman–Crippen MR) is 84.9 cm³/mol. The molecule has 112 valence electrons. The lowest BCUT2D eigenvalue weighted by Crippen LogP contribution is -2.23. The standard InChI is InChI=1S/C15H14N4O2S/c1-9-12(8-16-13(20)11-7-17-15(21)19-11)22-14(18-9)10-5-3-2-4-6-10/h2-7H,8H2,1H3,(H,16,20)(H2,17,19,21). The monoisotopic (exact) mass is 314 g/mol. The molecule has 6 nitrogen and oxygen atoms in total. The summed E-state index contributed by atoms with van der Waals surface area (Å²) < 4.78 is 0. The molecule has 2 heterocycles. The molecular formula is C15H14N4O2S. The van der Waals surface area contributed by atoms with E-state index in [0.717, 1.165) is 21.1 Å². The summed E-state index contributed by atoms with van der Waals surface area (Å²) in [6.07, 6.45) is 1.35. The summed E-state index contributed by atoms with van der Waals surface area (Å²) in [6.45, 7) is 2.30. The van der Waals surface area contributed by atoms with Gasteiger partial charge in [0, 0.05) is 16.6 Å². The Kier molecular flexibility index (Phi) is 3.88. The number of thiazole rings is 1. The highest BCUT2D eigenvalue weighted by atomic mass is 32.1. The molecule has 1 aromatic carbocycles. The number of carbonyl (C=O) groups excluding carboxylic acids is 1. The van der Waals surface area contributed by atoms with Crippen LogP contribution in [0.4, 0.5) is 0 Å². The van der Waals surface area contributed by atoms with Crippen LogP contribution in [0.1, 0.15) is 21.1 Å². The highest BCUT2D eigenvalue weighted by Crippen LogP contribution is 2.27. The Hall–Kier alpha value is -2.67. The van der Waals surface area contributed by atoms with Crippen molar-refractivity contribution in [2.45, 2.75) is 13.5 Å². The second-order valence-electron chi connectivity index (χ2n) is 4.73. The molecule has 0 aliphatic heterocycles. The topological polar surface area (TPSA) is 90.6 Å². The first-order valence-corrected chi connectivity index (χ1v) is 7.53. The van der Waals surface area contributed by atoms with Crippen molar-refractivity contribution in [3.05, 3.63) is 63.3 Å². The highest BCUT2D eigenvalue weighted by molar-refractivity contribution is 7.15. The largest absolute Gasteiger partial charge is 0.346 e. The van der Waals surface area contributed by atoms with Crippen molar-refractivity contribution in [3.63, 3.8) is 0 Å². The molecule has 0 aliphatic carbocycles. The number of nitrogens with one attached hydrogen (secondary N) is 3. The maximum absolute atomic E-state index is 11.9. The zero-order valence-corrected chi connectivity index (χ0v) is 12.7. The van der Waals surface area contributed by atoms with Crippen LogP contribution >= 0.6 is 11.3 Å². The quantitative estimate of drug-likeness (QED) is 0.688. The fraction of sp³-hybridized carbons (Fsp3) is 0.133. The van der Waals surface area contributed by atoms with Crippen molar-refractivity contribution in [2.75, 3.05) is 0 Å². The Morgan fingerprint density at radius 2 is 2.09 bits per heavy atom. The lowest BCUT2D eigenvalue weighted by atomic mass is 10.2. The molecule has 7 heteroatoms. The molecule has 0 unspecified atom stereocenters. The first-order chi connectivity index (χ1) is 10.6. The number of amides is 1. The van der Waals surface area contributed by atoms with E-state index in [1.165, 1.54) is 6.20 Å². The van der Waals surface area contributed by atoms with Gasteiger partial charge >= 0.3 is 5.69 Å². The highest BCUT2D eigenvalue weighted by Gasteiger charge is 2.12. The summed E-state index contributed by atoms with van der Waals surface area (Å²) >= 11 is 1.55. The van der Waals surface area contributed by atoms with Gasteiger partial charge < -0.3 is 15.3 Å². The van der Waals surface area contributed by atoms with E-state index < -0.39 is 5.69 Å². The SMILES string of the molecule is Cc1nc(-c2ccccc2)sc1CNC(=O)c1c[nH]c(=O)[nH]1. The number of benzene rings is 1. The van der Waals surface area contributed by atoms with E-state index in [4.69, 9.17) is 0 Å². The Morgan fingerprint density at radius 1 is 1.32 bits per heavy atom. The van der Waals surface area contributed by atoms with Crippen molar-refractivity contribution >= 4 is 17.2 Å². The lowest BCUT2D eigenvalue weighted by molar-refractivity contribution is 0.0946. The maximum atomic E-state index is 11.9. The van der Waals surface area contributed by atoms with Gasteiger partial charge in [-0.2, -0.15) is 0 Å². The fourth-order valence-corrected chi connectivity index (χ4v) is 3.01. The van der Waals surface area contributed by atoms with Crippen molar-refractivity contribution in [3.8, 4) is 10.6 Å². The molecule has 0 atom stereocenters. The molecule has 3 N–H and O–H groups in total. The molecule has 1 amide bonds. The van der Waals surface area contributed by atoms with Crippen LogP contribution < -0.4 is 11.0 Å². The summed E-state index contributed by atoms with van der Waals surface area (Å²) in [6, 6.07) is 9.91. The average Bonchev–Trinajstić information content (AvgIpc) is 3.12. The van der Waals surface area contributed by atoms with Gasteiger partial charge in [-0.15, -0.1) is 11.3 Å². The van der Waals surface area contributed by atoms with Crippen LogP contribution in [0.2, 0.25) is 0 Å². The Balaban J connectivity index is 1.72. The van der Waals surface area contributed by atoms with Crippen molar-refractivity contribution in [1.82, 2.24) is 20.3 Å². The molecule has 0 saturated carbocycles. The summed E-state index contributed by atoms with van der Waals surface area (Å²) in [5.74, 6) is -0.326. The van der Waals surface area contributed by atoms with E-state index in [2.05, 4.69) is 20.3 Å². The van der Waals surface area contributed by atoms with Gasteiger partial charge in [-0.25, -0.2) is 9.78 Å². The van der Waals surface area contributed by atoms with Crippen LogP contribution in [-0.2, 0) is 6.54 Å². The first-order valence-electron chi connectivity index (χ1n) is 6.71. The average molecular weight is 314 g/mol. The maximum Gasteiger partial charge on any atom is 0.323 e. The number of imidazole rings is 1. The third-order valence-electron chi connectivity index (χ3n) is 3.16. The van der Waals surface area contributed by atoms with Gasteiger partial charge in [0.15, 0.2) is 0 Å². The molecule has 2 aromatic heterocycles. The van der Waals surface area contributed by atoms with Gasteiger partial charge in [0.2, 0.25) is 0 Å². The van der Waals surface area contributed by atoms with Gasteiger partial charge in [0.25, 0.3) is 5.91 Å². The summed E-state index contributed by atoms with van der Waals surface area (Å²) in [7, 11) is 0. The summed E-state index contributed by atoms with van der Waals surface area (Å²) in [5, 5.41) is 3.70. The van der Waals surface area contributed by atoms with E-state index in [1.54, 1.807) is 11.3 Å². The normalized spacial score (nSPS) is 10.6. The van der Waals surface area contributed by atoms with Crippen molar-refractivity contribution in [1.29, 1.82) is 0 Å². The number of carbonyl (C=O) groups is 1. The van der Waals surface area contributed by atoms with E-state index >= 15 is 0 Å². The molecule has 0 aliphatic rings. The minimum atomic E-state index is -0.398. The molecule has 3 rings (SSSR count). The Labute approximate surface area is 130 Å². The smallest absolute Gasteiger partial charge is 0.323 e. The van der Waals surface area contributed by atoms with Crippen molar-refractivity contribution in [2.24, 2.45) is 0 Å². The van der Waals surface area contributed by atoms with Gasteiger partial charge in [-0.1, -0.05) is 30.3 Å². The number of nitrogens with zero attached hydrogens (tertiary/aromatic N) is 1. The summed E-state index contributed by atoms with van der Waals surface area (Å²) in [4.78, 5) is 33.2. The molecule has 22 heavy (non-hydrogen) atoms.